The molecule has 0 saturated carbocycles. The number of aliphatic imine (C=N–C) groups is 1. The van der Waals surface area contributed by atoms with Crippen LogP contribution in [-0.4, -0.2) is 6.21 Å². The number of hydrogen-bond acceptors (Lipinski definition) is 1. The van der Waals surface area contributed by atoms with Crippen molar-refractivity contribution in [2.24, 2.45) is 4.99 Å². The smallest absolute Gasteiger partial charge is 0.0629 e. The molecule has 0 aliphatic carbocycles. The molecule has 0 atom stereocenters. The summed E-state index contributed by atoms with van der Waals surface area (Å²) in [5.41, 5.74) is 6.09. The summed E-state index contributed by atoms with van der Waals surface area (Å²) >= 11 is 0. The van der Waals surface area contributed by atoms with E-state index in [1.54, 1.807) is 0 Å². The van der Waals surface area contributed by atoms with Crippen molar-refractivity contribution in [2.75, 3.05) is 0 Å². The fraction of sp³-hybridized carbons (Fsp3) is 0.188. The molecule has 0 unspecified atom stereocenters. The number of aryl methyl sites for hydroxylation is 2. The predicted octanol–water partition coefficient (Wildman–Crippen LogP) is 4.36. The van der Waals surface area contributed by atoms with Gasteiger partial charge in [-0.1, -0.05) is 35.9 Å². The van der Waals surface area contributed by atoms with Crippen molar-refractivity contribution in [3.05, 3.63) is 64.7 Å². The van der Waals surface area contributed by atoms with Crippen LogP contribution in [0.3, 0.4) is 0 Å². The fourth-order valence-corrected chi connectivity index (χ4v) is 1.86. The van der Waals surface area contributed by atoms with Gasteiger partial charge < -0.3 is 0 Å². The van der Waals surface area contributed by atoms with E-state index in [4.69, 9.17) is 0 Å². The Labute approximate surface area is 103 Å². The molecule has 0 saturated heterocycles. The van der Waals surface area contributed by atoms with Crippen molar-refractivity contribution in [2.45, 2.75) is 20.8 Å². The largest absolute Gasteiger partial charge is 0.256 e. The van der Waals surface area contributed by atoms with E-state index in [9.17, 15) is 0 Å². The lowest BCUT2D eigenvalue weighted by Crippen LogP contribution is -1.92. The first-order chi connectivity index (χ1) is 8.16. The highest BCUT2D eigenvalue weighted by Crippen LogP contribution is 2.16. The van der Waals surface area contributed by atoms with Crippen LogP contribution in [0.5, 0.6) is 0 Å². The third-order valence-electron chi connectivity index (χ3n) is 2.96. The van der Waals surface area contributed by atoms with E-state index in [0.717, 1.165) is 5.69 Å². The highest BCUT2D eigenvalue weighted by atomic mass is 14.7. The normalized spacial score (nSPS) is 11.0. The predicted molar refractivity (Wildman–Crippen MR) is 74.3 cm³/mol. The Balaban J connectivity index is 2.33. The molecule has 0 aliphatic rings. The lowest BCUT2D eigenvalue weighted by Gasteiger charge is -2.06. The van der Waals surface area contributed by atoms with Gasteiger partial charge in [0.2, 0.25) is 0 Å². The Bertz CT molecular complexity index is 539. The molecular formula is C16H17N. The topological polar surface area (TPSA) is 12.4 Å². The van der Waals surface area contributed by atoms with Gasteiger partial charge in [-0.2, -0.15) is 0 Å². The average Bonchev–Trinajstić information content (AvgIpc) is 2.33. The molecule has 0 amide bonds. The Hall–Kier alpha value is -1.89. The summed E-state index contributed by atoms with van der Waals surface area (Å²) < 4.78 is 0. The van der Waals surface area contributed by atoms with Crippen molar-refractivity contribution in [3.8, 4) is 0 Å². The van der Waals surface area contributed by atoms with Crippen molar-refractivity contribution < 1.29 is 0 Å². The molecule has 0 fully saturated rings. The zero-order valence-corrected chi connectivity index (χ0v) is 10.6. The van der Waals surface area contributed by atoms with E-state index in [-0.39, 0.29) is 0 Å². The zero-order chi connectivity index (χ0) is 12.3. The minimum atomic E-state index is 0.992. The summed E-state index contributed by atoms with van der Waals surface area (Å²) in [6, 6.07) is 14.4. The van der Waals surface area contributed by atoms with Crippen molar-refractivity contribution >= 4 is 11.9 Å². The Morgan fingerprint density at radius 1 is 0.941 bits per heavy atom. The quantitative estimate of drug-likeness (QED) is 0.671. The van der Waals surface area contributed by atoms with Gasteiger partial charge in [0.05, 0.1) is 5.69 Å². The molecule has 86 valence electrons. The summed E-state index contributed by atoms with van der Waals surface area (Å²) in [5, 5.41) is 0. The van der Waals surface area contributed by atoms with Gasteiger partial charge in [-0.25, -0.2) is 0 Å². The van der Waals surface area contributed by atoms with Crippen LogP contribution >= 0.6 is 0 Å². The highest BCUT2D eigenvalue weighted by Gasteiger charge is 2.00. The Morgan fingerprint density at radius 2 is 1.65 bits per heavy atom. The average molecular weight is 223 g/mol. The minimum Gasteiger partial charge on any atom is -0.256 e. The molecule has 0 heterocycles. The van der Waals surface area contributed by atoms with Gasteiger partial charge in [0, 0.05) is 6.21 Å². The molecule has 1 nitrogen and oxygen atoms in total. The van der Waals surface area contributed by atoms with Crippen LogP contribution in [0.25, 0.3) is 0 Å². The SMILES string of the molecule is Cc1cc(C)c(C)c(/C=N/c2ccccc2)c1. The summed E-state index contributed by atoms with van der Waals surface area (Å²) in [6.45, 7) is 6.40. The maximum absolute atomic E-state index is 4.49. The van der Waals surface area contributed by atoms with Crippen LogP contribution in [-0.2, 0) is 0 Å². The van der Waals surface area contributed by atoms with Gasteiger partial charge in [-0.15, -0.1) is 0 Å². The first-order valence-corrected chi connectivity index (χ1v) is 5.84. The fourth-order valence-electron chi connectivity index (χ4n) is 1.86. The molecule has 2 rings (SSSR count). The van der Waals surface area contributed by atoms with Gasteiger partial charge in [0.25, 0.3) is 0 Å². The highest BCUT2D eigenvalue weighted by molar-refractivity contribution is 5.84. The third kappa shape index (κ3) is 2.82. The molecule has 1 heteroatoms. The minimum absolute atomic E-state index is 0.992. The van der Waals surface area contributed by atoms with E-state index >= 15 is 0 Å². The molecule has 0 bridgehead atoms. The van der Waals surface area contributed by atoms with Crippen LogP contribution in [0.2, 0.25) is 0 Å². The number of nitrogens with zero attached hydrogens (tertiary/aromatic N) is 1. The zero-order valence-electron chi connectivity index (χ0n) is 10.6. The standard InChI is InChI=1S/C16H17N/c1-12-9-13(2)14(3)15(10-12)11-17-16-7-5-4-6-8-16/h4-11H,1-3H3/b17-11+. The van der Waals surface area contributed by atoms with Gasteiger partial charge in [-0.05, 0) is 49.6 Å². The first-order valence-electron chi connectivity index (χ1n) is 5.84. The van der Waals surface area contributed by atoms with Gasteiger partial charge >= 0.3 is 0 Å². The van der Waals surface area contributed by atoms with Crippen molar-refractivity contribution in [1.29, 1.82) is 0 Å². The second kappa shape index (κ2) is 4.96. The summed E-state index contributed by atoms with van der Waals surface area (Å²) in [4.78, 5) is 4.49. The van der Waals surface area contributed by atoms with E-state index in [2.05, 4.69) is 37.9 Å². The van der Waals surface area contributed by atoms with Crippen LogP contribution < -0.4 is 0 Å². The number of hydrogen-bond donors (Lipinski definition) is 0. The van der Waals surface area contributed by atoms with Crippen LogP contribution in [0.4, 0.5) is 5.69 Å². The molecular weight excluding hydrogens is 206 g/mol. The second-order valence-corrected chi connectivity index (χ2v) is 4.39. The van der Waals surface area contributed by atoms with Gasteiger partial charge in [-0.3, -0.25) is 4.99 Å². The Morgan fingerprint density at radius 3 is 2.35 bits per heavy atom. The van der Waals surface area contributed by atoms with Crippen LogP contribution in [0.1, 0.15) is 22.3 Å². The lowest BCUT2D eigenvalue weighted by atomic mass is 10.0. The molecule has 0 aromatic heterocycles. The summed E-state index contributed by atoms with van der Waals surface area (Å²) in [7, 11) is 0. The maximum atomic E-state index is 4.49. The van der Waals surface area contributed by atoms with Crippen LogP contribution in [0.15, 0.2) is 47.5 Å². The van der Waals surface area contributed by atoms with E-state index < -0.39 is 0 Å². The molecule has 0 aliphatic heterocycles. The van der Waals surface area contributed by atoms with Crippen LogP contribution in [0, 0.1) is 20.8 Å². The van der Waals surface area contributed by atoms with Crippen molar-refractivity contribution in [1.82, 2.24) is 0 Å². The van der Waals surface area contributed by atoms with E-state index in [1.807, 2.05) is 36.5 Å². The Kier molecular flexibility index (Phi) is 3.38. The number of benzene rings is 2. The number of para-hydroxylation sites is 1. The molecule has 17 heavy (non-hydrogen) atoms. The van der Waals surface area contributed by atoms with Gasteiger partial charge in [0.1, 0.15) is 0 Å². The molecule has 0 N–H and O–H groups in total. The molecule has 2 aromatic carbocycles. The van der Waals surface area contributed by atoms with E-state index in [1.165, 1.54) is 22.3 Å². The summed E-state index contributed by atoms with van der Waals surface area (Å²) in [5.74, 6) is 0. The molecule has 2 aromatic rings. The molecule has 0 spiro atoms. The second-order valence-electron chi connectivity index (χ2n) is 4.39. The number of rotatable bonds is 2. The summed E-state index contributed by atoms with van der Waals surface area (Å²) in [6.07, 6.45) is 1.95. The maximum Gasteiger partial charge on any atom is 0.0629 e. The van der Waals surface area contributed by atoms with Gasteiger partial charge in [0.15, 0.2) is 0 Å². The lowest BCUT2D eigenvalue weighted by molar-refractivity contribution is 1.29. The first kappa shape index (κ1) is 11.6. The third-order valence-corrected chi connectivity index (χ3v) is 2.96. The van der Waals surface area contributed by atoms with Crippen molar-refractivity contribution in [3.63, 3.8) is 0 Å². The monoisotopic (exact) mass is 223 g/mol. The molecule has 0 radical (unpaired) electrons. The van der Waals surface area contributed by atoms with E-state index in [0.29, 0.717) is 0 Å².